The molecule has 34 heavy (non-hydrogen) atoms. The molecule has 2 aromatic carbocycles. The Labute approximate surface area is 210 Å². The predicted octanol–water partition coefficient (Wildman–Crippen LogP) is 7.15. The van der Waals surface area contributed by atoms with Gasteiger partial charge in [0.05, 0.1) is 0 Å². The highest BCUT2D eigenvalue weighted by atomic mass is 14.9. The molecule has 0 radical (unpaired) electrons. The van der Waals surface area contributed by atoms with Crippen LogP contribution in [0, 0.1) is 6.92 Å². The van der Waals surface area contributed by atoms with Crippen molar-refractivity contribution in [1.29, 1.82) is 0 Å². The first-order valence-electron chi connectivity index (χ1n) is 13.2. The molecule has 0 spiro atoms. The van der Waals surface area contributed by atoms with Gasteiger partial charge in [0.2, 0.25) is 0 Å². The Hall–Kier alpha value is -2.72. The maximum atomic E-state index is 6.33. The first-order chi connectivity index (χ1) is 16.6. The molecule has 7 N–H and O–H groups in total. The fourth-order valence-corrected chi connectivity index (χ4v) is 3.55. The van der Waals surface area contributed by atoms with Crippen molar-refractivity contribution in [2.24, 2.45) is 17.2 Å². The van der Waals surface area contributed by atoms with Gasteiger partial charge in [-0.1, -0.05) is 104 Å². The summed E-state index contributed by atoms with van der Waals surface area (Å²) in [7, 11) is 0. The molecule has 4 heteroatoms. The first kappa shape index (κ1) is 33.5. The summed E-state index contributed by atoms with van der Waals surface area (Å²) in [5.74, 6) is 0.900. The summed E-state index contributed by atoms with van der Waals surface area (Å²) >= 11 is 0. The van der Waals surface area contributed by atoms with Gasteiger partial charge in [-0.15, -0.1) is 0 Å². The number of hydrogen-bond acceptors (Lipinski definition) is 4. The summed E-state index contributed by atoms with van der Waals surface area (Å²) in [6.07, 6.45) is 4.24. The van der Waals surface area contributed by atoms with Crippen molar-refractivity contribution in [2.75, 3.05) is 13.1 Å². The van der Waals surface area contributed by atoms with Crippen LogP contribution in [0.25, 0.3) is 11.3 Å². The van der Waals surface area contributed by atoms with Gasteiger partial charge < -0.3 is 22.5 Å². The maximum Gasteiger partial charge on any atom is 0.101 e. The van der Waals surface area contributed by atoms with Gasteiger partial charge >= 0.3 is 0 Å². The third kappa shape index (κ3) is 10.9. The van der Waals surface area contributed by atoms with Crippen molar-refractivity contribution in [3.05, 3.63) is 82.7 Å². The topological polar surface area (TPSA) is 90.1 Å². The van der Waals surface area contributed by atoms with Gasteiger partial charge in [-0.05, 0) is 61.5 Å². The van der Waals surface area contributed by atoms with E-state index in [9.17, 15) is 0 Å². The van der Waals surface area contributed by atoms with Crippen LogP contribution in [-0.4, -0.2) is 13.1 Å². The van der Waals surface area contributed by atoms with Crippen LogP contribution in [0.2, 0.25) is 0 Å². The molecule has 0 aromatic heterocycles. The van der Waals surface area contributed by atoms with Crippen molar-refractivity contribution in [1.82, 2.24) is 5.32 Å². The lowest BCUT2D eigenvalue weighted by Crippen LogP contribution is -2.26. The molecule has 0 amide bonds. The summed E-state index contributed by atoms with van der Waals surface area (Å²) in [6.45, 7) is 20.2. The van der Waals surface area contributed by atoms with Gasteiger partial charge in [-0.2, -0.15) is 0 Å². The molecule has 0 aliphatic carbocycles. The van der Waals surface area contributed by atoms with Crippen molar-refractivity contribution < 1.29 is 0 Å². The summed E-state index contributed by atoms with van der Waals surface area (Å²) in [5.41, 5.74) is 24.2. The average Bonchev–Trinajstić information content (AvgIpc) is 2.92. The molecule has 0 saturated carbocycles. The molecule has 192 valence electrons. The third-order valence-corrected chi connectivity index (χ3v) is 5.10. The lowest BCUT2D eigenvalue weighted by atomic mass is 9.89. The van der Waals surface area contributed by atoms with Crippen LogP contribution < -0.4 is 22.5 Å². The predicted molar refractivity (Wildman–Crippen MR) is 155 cm³/mol. The minimum absolute atomic E-state index is 0.274. The van der Waals surface area contributed by atoms with E-state index in [1.165, 1.54) is 18.4 Å². The van der Waals surface area contributed by atoms with E-state index >= 15 is 0 Å². The molecule has 4 nitrogen and oxygen atoms in total. The molecule has 1 aliphatic heterocycles. The normalized spacial score (nSPS) is 12.7. The number of benzene rings is 2. The second kappa shape index (κ2) is 20.9. The number of allylic oxidation sites excluding steroid dienone is 2. The molecule has 0 unspecified atom stereocenters. The highest BCUT2D eigenvalue weighted by Crippen LogP contribution is 2.28. The highest BCUT2D eigenvalue weighted by Gasteiger charge is 2.15. The number of hydrogen-bond donors (Lipinski definition) is 4. The molecular weight excluding hydrogens is 416 g/mol. The first-order valence-corrected chi connectivity index (χ1v) is 13.2. The summed E-state index contributed by atoms with van der Waals surface area (Å²) in [6, 6.07) is 16.6. The monoisotopic (exact) mass is 468 g/mol. The van der Waals surface area contributed by atoms with E-state index in [-0.39, 0.29) is 5.82 Å². The molecule has 0 bridgehead atoms. The van der Waals surface area contributed by atoms with Crippen molar-refractivity contribution >= 4 is 11.3 Å². The Balaban J connectivity index is 0. The van der Waals surface area contributed by atoms with Gasteiger partial charge in [0.25, 0.3) is 0 Å². The zero-order valence-electron chi connectivity index (χ0n) is 23.3. The zero-order valence-corrected chi connectivity index (χ0v) is 23.3. The molecule has 3 rings (SSSR count). The Bertz CT molecular complexity index is 810. The van der Waals surface area contributed by atoms with Crippen molar-refractivity contribution in [2.45, 2.75) is 81.1 Å². The quantitative estimate of drug-likeness (QED) is 0.359. The fraction of sp³-hybridized carbons (Fsp3) is 0.467. The number of piperidine rings is 1. The largest absolute Gasteiger partial charge is 0.398 e. The van der Waals surface area contributed by atoms with Crippen LogP contribution in [-0.2, 0) is 0 Å². The van der Waals surface area contributed by atoms with E-state index in [1.54, 1.807) is 0 Å². The second-order valence-electron chi connectivity index (χ2n) is 6.93. The minimum Gasteiger partial charge on any atom is -0.398 e. The number of nitrogens with one attached hydrogen (secondary N) is 1. The third-order valence-electron chi connectivity index (χ3n) is 5.10. The molecule has 0 atom stereocenters. The maximum absolute atomic E-state index is 6.33. The van der Waals surface area contributed by atoms with E-state index in [4.69, 9.17) is 17.2 Å². The summed E-state index contributed by atoms with van der Waals surface area (Å²) in [4.78, 5) is 0. The van der Waals surface area contributed by atoms with Gasteiger partial charge in [0.1, 0.15) is 5.82 Å². The Kier molecular flexibility index (Phi) is 20.5. The highest BCUT2D eigenvalue weighted by molar-refractivity contribution is 5.84. The lowest BCUT2D eigenvalue weighted by Gasteiger charge is -2.23. The van der Waals surface area contributed by atoms with Gasteiger partial charge in [-0.25, -0.2) is 0 Å². The standard InChI is InChI=1S/C22H28N4.4C2H6/c1-15-4-2-3-5-19(15)21(23)14-20(22(24)25)18-8-6-16(7-9-18)17-10-12-26-13-11-17;4*1-2/h2-9,14,17,26H,10-13,23-25H2,1H3;4*1-2H3/b21-14-;;;;. The molecule has 1 aliphatic rings. The SMILES string of the molecule is CC.CC.CC.CC.Cc1ccccc1/C(N)=C/C(=C(N)N)c1ccc(C2CCNCC2)cc1. The number of aryl methyl sites for hydroxylation is 1. The zero-order chi connectivity index (χ0) is 26.5. The Morgan fingerprint density at radius 2 is 1.26 bits per heavy atom. The van der Waals surface area contributed by atoms with Crippen LogP contribution >= 0.6 is 0 Å². The fourth-order valence-electron chi connectivity index (χ4n) is 3.55. The van der Waals surface area contributed by atoms with Crippen LogP contribution in [0.5, 0.6) is 0 Å². The molecule has 2 aromatic rings. The average molecular weight is 469 g/mol. The van der Waals surface area contributed by atoms with Crippen LogP contribution in [0.4, 0.5) is 0 Å². The van der Waals surface area contributed by atoms with Gasteiger partial charge in [0.15, 0.2) is 0 Å². The minimum atomic E-state index is 0.274. The summed E-state index contributed by atoms with van der Waals surface area (Å²) < 4.78 is 0. The number of nitrogens with two attached hydrogens (primary N) is 3. The number of rotatable bonds is 4. The van der Waals surface area contributed by atoms with Gasteiger partial charge in [0, 0.05) is 16.8 Å². The van der Waals surface area contributed by atoms with E-state index in [0.717, 1.165) is 35.4 Å². The van der Waals surface area contributed by atoms with E-state index < -0.39 is 0 Å². The van der Waals surface area contributed by atoms with E-state index in [1.807, 2.05) is 92.7 Å². The van der Waals surface area contributed by atoms with Crippen LogP contribution in [0.15, 0.2) is 60.4 Å². The Morgan fingerprint density at radius 1 is 0.765 bits per heavy atom. The molecular formula is C30H52N4. The lowest BCUT2D eigenvalue weighted by molar-refractivity contribution is 0.460. The second-order valence-corrected chi connectivity index (χ2v) is 6.93. The smallest absolute Gasteiger partial charge is 0.101 e. The van der Waals surface area contributed by atoms with Gasteiger partial charge in [-0.3, -0.25) is 0 Å². The Morgan fingerprint density at radius 3 is 1.74 bits per heavy atom. The molecule has 1 fully saturated rings. The van der Waals surface area contributed by atoms with Crippen molar-refractivity contribution in [3.63, 3.8) is 0 Å². The molecule has 1 saturated heterocycles. The van der Waals surface area contributed by atoms with E-state index in [0.29, 0.717) is 11.6 Å². The van der Waals surface area contributed by atoms with E-state index in [2.05, 4.69) is 29.6 Å². The van der Waals surface area contributed by atoms with Crippen LogP contribution in [0.1, 0.15) is 96.4 Å². The summed E-state index contributed by atoms with van der Waals surface area (Å²) in [5, 5.41) is 3.41. The molecule has 1 heterocycles. The van der Waals surface area contributed by atoms with Crippen molar-refractivity contribution in [3.8, 4) is 0 Å². The van der Waals surface area contributed by atoms with Crippen LogP contribution in [0.3, 0.4) is 0 Å².